The standard InChI is InChI=1S/C20H23ClN2O3S/c1-4-26-16-10-8-15(9-11-16)22-19(24)12-27-14(3)20(25)23-18-7-5-6-17(21)13(18)2/h5-11,14H,4,12H2,1-3H3,(H,22,24)(H,23,25). The molecular weight excluding hydrogens is 384 g/mol. The predicted molar refractivity (Wildman–Crippen MR) is 113 cm³/mol. The van der Waals surface area contributed by atoms with Crippen LogP contribution in [0.25, 0.3) is 0 Å². The van der Waals surface area contributed by atoms with E-state index in [1.54, 1.807) is 49.4 Å². The molecule has 1 atom stereocenters. The second-order valence-electron chi connectivity index (χ2n) is 5.86. The zero-order valence-corrected chi connectivity index (χ0v) is 17.1. The van der Waals surface area contributed by atoms with Gasteiger partial charge in [0.2, 0.25) is 11.8 Å². The lowest BCUT2D eigenvalue weighted by molar-refractivity contribution is -0.115. The highest BCUT2D eigenvalue weighted by Crippen LogP contribution is 2.24. The highest BCUT2D eigenvalue weighted by atomic mass is 35.5. The molecule has 2 amide bonds. The molecule has 7 heteroatoms. The predicted octanol–water partition coefficient (Wildman–Crippen LogP) is 4.75. The second kappa shape index (κ2) is 10.2. The summed E-state index contributed by atoms with van der Waals surface area (Å²) in [6, 6.07) is 12.5. The van der Waals surface area contributed by atoms with Crippen molar-refractivity contribution in [2.24, 2.45) is 0 Å². The van der Waals surface area contributed by atoms with Gasteiger partial charge in [0, 0.05) is 16.4 Å². The fourth-order valence-electron chi connectivity index (χ4n) is 2.25. The average Bonchev–Trinajstić information content (AvgIpc) is 2.65. The molecule has 5 nitrogen and oxygen atoms in total. The van der Waals surface area contributed by atoms with Gasteiger partial charge in [-0.3, -0.25) is 9.59 Å². The number of nitrogens with one attached hydrogen (secondary N) is 2. The molecule has 0 aliphatic rings. The third-order valence-corrected chi connectivity index (χ3v) is 5.36. The van der Waals surface area contributed by atoms with Gasteiger partial charge in [0.15, 0.2) is 0 Å². The number of rotatable bonds is 8. The highest BCUT2D eigenvalue weighted by molar-refractivity contribution is 8.01. The number of carbonyl (C=O) groups is 2. The fraction of sp³-hybridized carbons (Fsp3) is 0.300. The minimum absolute atomic E-state index is 0.164. The van der Waals surface area contributed by atoms with Crippen LogP contribution in [0.4, 0.5) is 11.4 Å². The Balaban J connectivity index is 1.81. The number of halogens is 1. The highest BCUT2D eigenvalue weighted by Gasteiger charge is 2.16. The number of benzene rings is 2. The molecule has 1 unspecified atom stereocenters. The van der Waals surface area contributed by atoms with E-state index in [1.807, 2.05) is 13.8 Å². The van der Waals surface area contributed by atoms with E-state index in [2.05, 4.69) is 10.6 Å². The van der Waals surface area contributed by atoms with Crippen LogP contribution >= 0.6 is 23.4 Å². The summed E-state index contributed by atoms with van der Waals surface area (Å²) in [4.78, 5) is 24.4. The van der Waals surface area contributed by atoms with Crippen LogP contribution in [-0.4, -0.2) is 29.4 Å². The van der Waals surface area contributed by atoms with E-state index in [1.165, 1.54) is 11.8 Å². The van der Waals surface area contributed by atoms with Crippen molar-refractivity contribution in [1.29, 1.82) is 0 Å². The van der Waals surface area contributed by atoms with Crippen molar-refractivity contribution in [2.75, 3.05) is 23.0 Å². The van der Waals surface area contributed by atoms with Crippen molar-refractivity contribution in [3.8, 4) is 5.75 Å². The first-order valence-electron chi connectivity index (χ1n) is 8.61. The van der Waals surface area contributed by atoms with Crippen molar-refractivity contribution < 1.29 is 14.3 Å². The van der Waals surface area contributed by atoms with Crippen molar-refractivity contribution in [1.82, 2.24) is 0 Å². The molecule has 0 saturated carbocycles. The molecule has 144 valence electrons. The maximum atomic E-state index is 12.3. The molecule has 27 heavy (non-hydrogen) atoms. The van der Waals surface area contributed by atoms with Crippen molar-refractivity contribution in [3.05, 3.63) is 53.1 Å². The van der Waals surface area contributed by atoms with E-state index in [0.717, 1.165) is 11.3 Å². The first-order valence-corrected chi connectivity index (χ1v) is 10.0. The summed E-state index contributed by atoms with van der Waals surface area (Å²) < 4.78 is 5.37. The van der Waals surface area contributed by atoms with Crippen LogP contribution in [0, 0.1) is 6.92 Å². The molecule has 0 aliphatic heterocycles. The maximum absolute atomic E-state index is 12.3. The Morgan fingerprint density at radius 2 is 1.85 bits per heavy atom. The van der Waals surface area contributed by atoms with Gasteiger partial charge in [-0.15, -0.1) is 11.8 Å². The van der Waals surface area contributed by atoms with E-state index in [4.69, 9.17) is 16.3 Å². The van der Waals surface area contributed by atoms with Crippen LogP contribution in [0.1, 0.15) is 19.4 Å². The van der Waals surface area contributed by atoms with Gasteiger partial charge in [0.1, 0.15) is 5.75 Å². The summed E-state index contributed by atoms with van der Waals surface area (Å²) >= 11 is 7.34. The van der Waals surface area contributed by atoms with E-state index in [9.17, 15) is 9.59 Å². The molecule has 2 aromatic rings. The van der Waals surface area contributed by atoms with Gasteiger partial charge in [0.05, 0.1) is 17.6 Å². The molecule has 0 aromatic heterocycles. The Bertz CT molecular complexity index is 796. The Morgan fingerprint density at radius 1 is 1.15 bits per heavy atom. The Morgan fingerprint density at radius 3 is 2.52 bits per heavy atom. The monoisotopic (exact) mass is 406 g/mol. The zero-order chi connectivity index (χ0) is 19.8. The first kappa shape index (κ1) is 21.1. The summed E-state index contributed by atoms with van der Waals surface area (Å²) in [5, 5.41) is 5.88. The number of hydrogen-bond acceptors (Lipinski definition) is 4. The van der Waals surface area contributed by atoms with Gasteiger partial charge in [-0.1, -0.05) is 17.7 Å². The van der Waals surface area contributed by atoms with Gasteiger partial charge in [0.25, 0.3) is 0 Å². The lowest BCUT2D eigenvalue weighted by Crippen LogP contribution is -2.25. The van der Waals surface area contributed by atoms with Crippen LogP contribution < -0.4 is 15.4 Å². The van der Waals surface area contributed by atoms with Gasteiger partial charge in [-0.25, -0.2) is 0 Å². The quantitative estimate of drug-likeness (QED) is 0.664. The molecule has 0 heterocycles. The number of amides is 2. The molecule has 2 aromatic carbocycles. The number of thioether (sulfide) groups is 1. The van der Waals surface area contributed by atoms with Crippen LogP contribution in [0.2, 0.25) is 5.02 Å². The third kappa shape index (κ3) is 6.48. The van der Waals surface area contributed by atoms with E-state index in [-0.39, 0.29) is 22.8 Å². The first-order chi connectivity index (χ1) is 12.9. The lowest BCUT2D eigenvalue weighted by Gasteiger charge is -2.14. The smallest absolute Gasteiger partial charge is 0.237 e. The van der Waals surface area contributed by atoms with Gasteiger partial charge in [-0.05, 0) is 62.7 Å². The number of ether oxygens (including phenoxy) is 1. The average molecular weight is 407 g/mol. The lowest BCUT2D eigenvalue weighted by atomic mass is 10.2. The summed E-state index contributed by atoms with van der Waals surface area (Å²) in [6.45, 7) is 6.12. The number of carbonyl (C=O) groups excluding carboxylic acids is 2. The van der Waals surface area contributed by atoms with Gasteiger partial charge >= 0.3 is 0 Å². The van der Waals surface area contributed by atoms with Crippen molar-refractivity contribution >= 4 is 46.6 Å². The minimum Gasteiger partial charge on any atom is -0.494 e. The van der Waals surface area contributed by atoms with Gasteiger partial charge < -0.3 is 15.4 Å². The summed E-state index contributed by atoms with van der Waals surface area (Å²) in [6.07, 6.45) is 0. The van der Waals surface area contributed by atoms with Crippen LogP contribution in [0.15, 0.2) is 42.5 Å². The topological polar surface area (TPSA) is 67.4 Å². The van der Waals surface area contributed by atoms with E-state index >= 15 is 0 Å². The van der Waals surface area contributed by atoms with E-state index in [0.29, 0.717) is 23.0 Å². The molecule has 0 fully saturated rings. The molecule has 0 aliphatic carbocycles. The Labute approximate surface area is 168 Å². The van der Waals surface area contributed by atoms with Crippen LogP contribution in [-0.2, 0) is 9.59 Å². The minimum atomic E-state index is -0.380. The number of anilines is 2. The Hall–Kier alpha value is -2.18. The van der Waals surface area contributed by atoms with Crippen molar-refractivity contribution in [3.63, 3.8) is 0 Å². The van der Waals surface area contributed by atoms with Gasteiger partial charge in [-0.2, -0.15) is 0 Å². The molecular formula is C20H23ClN2O3S. The molecule has 0 bridgehead atoms. The molecule has 2 N–H and O–H groups in total. The normalized spacial score (nSPS) is 11.6. The summed E-state index contributed by atoms with van der Waals surface area (Å²) in [5.74, 6) is 0.601. The molecule has 0 radical (unpaired) electrons. The summed E-state index contributed by atoms with van der Waals surface area (Å²) in [5.41, 5.74) is 2.19. The maximum Gasteiger partial charge on any atom is 0.237 e. The second-order valence-corrected chi connectivity index (χ2v) is 7.60. The fourth-order valence-corrected chi connectivity index (χ4v) is 3.11. The summed E-state index contributed by atoms with van der Waals surface area (Å²) in [7, 11) is 0. The van der Waals surface area contributed by atoms with E-state index < -0.39 is 0 Å². The molecule has 0 spiro atoms. The number of hydrogen-bond donors (Lipinski definition) is 2. The SMILES string of the molecule is CCOc1ccc(NC(=O)CSC(C)C(=O)Nc2cccc(Cl)c2C)cc1. The largest absolute Gasteiger partial charge is 0.494 e. The molecule has 2 rings (SSSR count). The molecule has 0 saturated heterocycles. The van der Waals surface area contributed by atoms with Crippen molar-refractivity contribution in [2.45, 2.75) is 26.0 Å². The third-order valence-electron chi connectivity index (χ3n) is 3.81. The van der Waals surface area contributed by atoms with Crippen LogP contribution in [0.5, 0.6) is 5.75 Å². The zero-order valence-electron chi connectivity index (χ0n) is 15.5. The van der Waals surface area contributed by atoms with Crippen LogP contribution in [0.3, 0.4) is 0 Å². The Kier molecular flexibility index (Phi) is 8.00.